The van der Waals surface area contributed by atoms with Crippen LogP contribution in [0.3, 0.4) is 0 Å². The second-order valence-electron chi connectivity index (χ2n) is 5.85. The normalized spacial score (nSPS) is 17.2. The molecular weight excluding hydrogens is 319 g/mol. The lowest BCUT2D eigenvalue weighted by Crippen LogP contribution is -2.29. The predicted octanol–water partition coefficient (Wildman–Crippen LogP) is 5.02. The summed E-state index contributed by atoms with van der Waals surface area (Å²) in [5, 5.41) is 11.4. The molecule has 0 heterocycles. The average Bonchev–Trinajstić information content (AvgIpc) is 2.53. The fourth-order valence-corrected chi connectivity index (χ4v) is 3.26. The Morgan fingerprint density at radius 3 is 2.62 bits per heavy atom. The molecule has 126 valence electrons. The Labute approximate surface area is 137 Å². The first-order valence-electron chi connectivity index (χ1n) is 7.65. The van der Waals surface area contributed by atoms with Crippen LogP contribution in [0.5, 0.6) is 0 Å². The van der Waals surface area contributed by atoms with Crippen molar-refractivity contribution in [2.75, 3.05) is 0 Å². The third-order valence-electron chi connectivity index (χ3n) is 4.30. The van der Waals surface area contributed by atoms with E-state index in [1.54, 1.807) is 24.3 Å². The highest BCUT2D eigenvalue weighted by Gasteiger charge is 2.33. The zero-order chi connectivity index (χ0) is 17.3. The van der Waals surface area contributed by atoms with Crippen LogP contribution in [0.25, 0.3) is 11.1 Å². The summed E-state index contributed by atoms with van der Waals surface area (Å²) in [5.74, 6) is 0. The molecule has 3 nitrogen and oxygen atoms in total. The molecule has 1 aliphatic rings. The van der Waals surface area contributed by atoms with E-state index in [9.17, 15) is 18.0 Å². The second-order valence-corrected chi connectivity index (χ2v) is 5.85. The van der Waals surface area contributed by atoms with Gasteiger partial charge in [-0.3, -0.25) is 0 Å². The zero-order valence-corrected chi connectivity index (χ0v) is 12.7. The molecule has 0 aliphatic heterocycles. The SMILES string of the molecule is O=C(O)NC1CCCc2cc(-c3ccccc3C(F)(F)F)ccc21. The summed E-state index contributed by atoms with van der Waals surface area (Å²) in [4.78, 5) is 10.9. The monoisotopic (exact) mass is 335 g/mol. The van der Waals surface area contributed by atoms with Crippen molar-refractivity contribution in [1.82, 2.24) is 5.32 Å². The molecule has 2 N–H and O–H groups in total. The molecule has 0 saturated heterocycles. The first-order chi connectivity index (χ1) is 11.4. The van der Waals surface area contributed by atoms with E-state index in [0.29, 0.717) is 12.0 Å². The van der Waals surface area contributed by atoms with Gasteiger partial charge in [-0.1, -0.05) is 36.4 Å². The van der Waals surface area contributed by atoms with E-state index in [2.05, 4.69) is 5.32 Å². The van der Waals surface area contributed by atoms with Crippen LogP contribution in [0.1, 0.15) is 35.6 Å². The highest BCUT2D eigenvalue weighted by molar-refractivity contribution is 5.70. The van der Waals surface area contributed by atoms with Crippen LogP contribution >= 0.6 is 0 Å². The highest BCUT2D eigenvalue weighted by Crippen LogP contribution is 2.39. The molecule has 1 unspecified atom stereocenters. The van der Waals surface area contributed by atoms with Gasteiger partial charge in [0.15, 0.2) is 0 Å². The van der Waals surface area contributed by atoms with Gasteiger partial charge in [-0.05, 0) is 47.6 Å². The molecule has 3 rings (SSSR count). The summed E-state index contributed by atoms with van der Waals surface area (Å²) < 4.78 is 39.6. The van der Waals surface area contributed by atoms with Crippen LogP contribution in [-0.2, 0) is 12.6 Å². The maximum Gasteiger partial charge on any atom is 0.417 e. The van der Waals surface area contributed by atoms with Crippen molar-refractivity contribution in [3.8, 4) is 11.1 Å². The predicted molar refractivity (Wildman–Crippen MR) is 83.7 cm³/mol. The van der Waals surface area contributed by atoms with Crippen molar-refractivity contribution in [2.24, 2.45) is 0 Å². The minimum absolute atomic E-state index is 0.140. The van der Waals surface area contributed by atoms with Gasteiger partial charge < -0.3 is 10.4 Å². The minimum Gasteiger partial charge on any atom is -0.465 e. The first-order valence-corrected chi connectivity index (χ1v) is 7.65. The molecule has 2 aromatic carbocycles. The summed E-state index contributed by atoms with van der Waals surface area (Å²) in [5.41, 5.74) is 1.71. The van der Waals surface area contributed by atoms with Crippen LogP contribution in [0.4, 0.5) is 18.0 Å². The fourth-order valence-electron chi connectivity index (χ4n) is 3.26. The molecule has 0 bridgehead atoms. The van der Waals surface area contributed by atoms with Crippen molar-refractivity contribution >= 4 is 6.09 Å². The van der Waals surface area contributed by atoms with E-state index >= 15 is 0 Å². The van der Waals surface area contributed by atoms with Gasteiger partial charge in [0.2, 0.25) is 0 Å². The molecule has 1 amide bonds. The number of amides is 1. The number of benzene rings is 2. The van der Waals surface area contributed by atoms with Gasteiger partial charge in [-0.25, -0.2) is 4.79 Å². The number of nitrogens with one attached hydrogen (secondary N) is 1. The lowest BCUT2D eigenvalue weighted by Gasteiger charge is -2.26. The fraction of sp³-hybridized carbons (Fsp3) is 0.278. The number of halogens is 3. The summed E-state index contributed by atoms with van der Waals surface area (Å²) in [7, 11) is 0. The molecule has 0 fully saturated rings. The lowest BCUT2D eigenvalue weighted by molar-refractivity contribution is -0.137. The van der Waals surface area contributed by atoms with Crippen LogP contribution in [0.15, 0.2) is 42.5 Å². The van der Waals surface area contributed by atoms with Crippen molar-refractivity contribution in [3.05, 3.63) is 59.2 Å². The summed E-state index contributed by atoms with van der Waals surface area (Å²) in [6.07, 6.45) is -3.30. The Bertz CT molecular complexity index is 771. The first kappa shape index (κ1) is 16.4. The van der Waals surface area contributed by atoms with Gasteiger partial charge in [-0.15, -0.1) is 0 Å². The largest absolute Gasteiger partial charge is 0.465 e. The van der Waals surface area contributed by atoms with E-state index in [1.165, 1.54) is 12.1 Å². The van der Waals surface area contributed by atoms with E-state index in [-0.39, 0.29) is 11.6 Å². The molecule has 6 heteroatoms. The van der Waals surface area contributed by atoms with Gasteiger partial charge in [0.1, 0.15) is 0 Å². The van der Waals surface area contributed by atoms with Gasteiger partial charge in [0.05, 0.1) is 11.6 Å². The van der Waals surface area contributed by atoms with E-state index in [1.807, 2.05) is 0 Å². The number of alkyl halides is 3. The van der Waals surface area contributed by atoms with E-state index in [4.69, 9.17) is 5.11 Å². The summed E-state index contributed by atoms with van der Waals surface area (Å²) >= 11 is 0. The molecule has 0 saturated carbocycles. The molecule has 24 heavy (non-hydrogen) atoms. The van der Waals surface area contributed by atoms with Gasteiger partial charge in [0, 0.05) is 0 Å². The quantitative estimate of drug-likeness (QED) is 0.810. The number of rotatable bonds is 2. The lowest BCUT2D eigenvalue weighted by atomic mass is 9.85. The van der Waals surface area contributed by atoms with Crippen LogP contribution in [0, 0.1) is 0 Å². The number of aryl methyl sites for hydroxylation is 1. The average molecular weight is 335 g/mol. The Kier molecular flexibility index (Phi) is 4.22. The second kappa shape index (κ2) is 6.19. The molecule has 0 radical (unpaired) electrons. The number of hydrogen-bond donors (Lipinski definition) is 2. The zero-order valence-electron chi connectivity index (χ0n) is 12.7. The topological polar surface area (TPSA) is 49.3 Å². The van der Waals surface area contributed by atoms with E-state index in [0.717, 1.165) is 30.0 Å². The van der Waals surface area contributed by atoms with Crippen molar-refractivity contribution in [3.63, 3.8) is 0 Å². The Morgan fingerprint density at radius 2 is 1.92 bits per heavy atom. The maximum atomic E-state index is 13.2. The van der Waals surface area contributed by atoms with E-state index < -0.39 is 17.8 Å². The molecule has 1 aliphatic carbocycles. The molecule has 2 aromatic rings. The molecule has 1 atom stereocenters. The van der Waals surface area contributed by atoms with Gasteiger partial charge in [0.25, 0.3) is 0 Å². The maximum absolute atomic E-state index is 13.2. The smallest absolute Gasteiger partial charge is 0.417 e. The Balaban J connectivity index is 2.03. The molecular formula is C18H16F3NO2. The number of fused-ring (bicyclic) bond motifs is 1. The highest BCUT2D eigenvalue weighted by atomic mass is 19.4. The van der Waals surface area contributed by atoms with Crippen molar-refractivity contribution < 1.29 is 23.1 Å². The Hall–Kier alpha value is -2.50. The standard InChI is InChI=1S/C18H16F3NO2/c19-18(20,21)15-6-2-1-5-13(15)12-8-9-14-11(10-12)4-3-7-16(14)22-17(23)24/h1-2,5-6,8-10,16,22H,3-4,7H2,(H,23,24). The van der Waals surface area contributed by atoms with Crippen molar-refractivity contribution in [1.29, 1.82) is 0 Å². The third-order valence-corrected chi connectivity index (χ3v) is 4.30. The molecule has 0 aromatic heterocycles. The summed E-state index contributed by atoms with van der Waals surface area (Å²) in [6.45, 7) is 0. The number of carbonyl (C=O) groups is 1. The number of hydrogen-bond acceptors (Lipinski definition) is 1. The van der Waals surface area contributed by atoms with Crippen molar-refractivity contribution in [2.45, 2.75) is 31.5 Å². The van der Waals surface area contributed by atoms with Gasteiger partial charge >= 0.3 is 12.3 Å². The van der Waals surface area contributed by atoms with Gasteiger partial charge in [-0.2, -0.15) is 13.2 Å². The third kappa shape index (κ3) is 3.22. The van der Waals surface area contributed by atoms with Crippen LogP contribution < -0.4 is 5.32 Å². The summed E-state index contributed by atoms with van der Waals surface area (Å²) in [6, 6.07) is 10.3. The van der Waals surface area contributed by atoms with Crippen LogP contribution in [0.2, 0.25) is 0 Å². The minimum atomic E-state index is -4.42. The molecule has 0 spiro atoms. The Morgan fingerprint density at radius 1 is 1.17 bits per heavy atom. The number of carboxylic acid groups (broad SMARTS) is 1. The van der Waals surface area contributed by atoms with Crippen LogP contribution in [-0.4, -0.2) is 11.2 Å².